The maximum Gasteiger partial charge on any atom is 0.0545 e. The molecule has 0 rings (SSSR count). The highest BCUT2D eigenvalue weighted by Gasteiger charge is 2.21. The summed E-state index contributed by atoms with van der Waals surface area (Å²) >= 11 is 0. The van der Waals surface area contributed by atoms with Gasteiger partial charge in [0.25, 0.3) is 0 Å². The maximum atomic E-state index is 5.96. The fourth-order valence-electron chi connectivity index (χ4n) is 2.02. The minimum absolute atomic E-state index is 0.187. The first-order chi connectivity index (χ1) is 6.04. The van der Waals surface area contributed by atoms with E-state index in [1.807, 2.05) is 0 Å². The molecule has 0 aliphatic heterocycles. The monoisotopic (exact) mass is 186 g/mol. The summed E-state index contributed by atoms with van der Waals surface area (Å²) in [6, 6.07) is 0.639. The zero-order chi connectivity index (χ0) is 10.4. The second-order valence-electron chi connectivity index (χ2n) is 4.20. The molecule has 0 saturated heterocycles. The molecule has 2 N–H and O–H groups in total. The van der Waals surface area contributed by atoms with Gasteiger partial charge in [-0.15, -0.1) is 0 Å². The normalized spacial score (nSPS) is 16.6. The minimum atomic E-state index is 0.187. The van der Waals surface area contributed by atoms with Crippen LogP contribution in [0.25, 0.3) is 0 Å². The highest BCUT2D eigenvalue weighted by atomic mass is 15.2. The Kier molecular flexibility index (Phi) is 6.35. The van der Waals surface area contributed by atoms with Gasteiger partial charge in [-0.05, 0) is 32.2 Å². The van der Waals surface area contributed by atoms with Crippen molar-refractivity contribution >= 4 is 0 Å². The van der Waals surface area contributed by atoms with Crippen molar-refractivity contribution in [2.24, 2.45) is 11.7 Å². The van der Waals surface area contributed by atoms with Crippen molar-refractivity contribution in [2.75, 3.05) is 6.54 Å². The first-order valence-corrected chi connectivity index (χ1v) is 5.55. The van der Waals surface area contributed by atoms with Crippen molar-refractivity contribution in [1.29, 1.82) is 0 Å². The van der Waals surface area contributed by atoms with Crippen molar-refractivity contribution in [3.05, 3.63) is 0 Å². The Balaban J connectivity index is 4.29. The summed E-state index contributed by atoms with van der Waals surface area (Å²) in [7, 11) is 0. The molecule has 0 radical (unpaired) electrons. The third kappa shape index (κ3) is 4.10. The van der Waals surface area contributed by atoms with E-state index in [9.17, 15) is 0 Å². The molecule has 2 atom stereocenters. The van der Waals surface area contributed by atoms with Crippen LogP contribution in [0.4, 0.5) is 0 Å². The predicted molar refractivity (Wildman–Crippen MR) is 59.6 cm³/mol. The van der Waals surface area contributed by atoms with E-state index in [2.05, 4.69) is 39.5 Å². The van der Waals surface area contributed by atoms with Crippen LogP contribution in [0.5, 0.6) is 0 Å². The third-order valence-electron chi connectivity index (χ3n) is 2.62. The smallest absolute Gasteiger partial charge is 0.0545 e. The van der Waals surface area contributed by atoms with Gasteiger partial charge in [-0.3, -0.25) is 4.90 Å². The van der Waals surface area contributed by atoms with Crippen LogP contribution in [-0.2, 0) is 0 Å². The van der Waals surface area contributed by atoms with E-state index >= 15 is 0 Å². The highest BCUT2D eigenvalue weighted by Crippen LogP contribution is 2.15. The van der Waals surface area contributed by atoms with Crippen LogP contribution in [0.15, 0.2) is 0 Å². The van der Waals surface area contributed by atoms with E-state index < -0.39 is 0 Å². The lowest BCUT2D eigenvalue weighted by molar-refractivity contribution is 0.108. The van der Waals surface area contributed by atoms with E-state index in [-0.39, 0.29) is 6.17 Å². The first kappa shape index (κ1) is 12.9. The van der Waals surface area contributed by atoms with Gasteiger partial charge in [-0.2, -0.15) is 0 Å². The quantitative estimate of drug-likeness (QED) is 0.646. The third-order valence-corrected chi connectivity index (χ3v) is 2.62. The molecule has 0 spiro atoms. The zero-order valence-electron chi connectivity index (χ0n) is 9.88. The van der Waals surface area contributed by atoms with E-state index in [4.69, 9.17) is 5.73 Å². The van der Waals surface area contributed by atoms with E-state index in [1.54, 1.807) is 0 Å². The van der Waals surface area contributed by atoms with Crippen molar-refractivity contribution in [2.45, 2.75) is 59.7 Å². The van der Waals surface area contributed by atoms with Crippen molar-refractivity contribution in [3.63, 3.8) is 0 Å². The number of nitrogens with two attached hydrogens (primary N) is 1. The second kappa shape index (κ2) is 6.39. The summed E-state index contributed by atoms with van der Waals surface area (Å²) in [4.78, 5) is 2.42. The molecule has 13 heavy (non-hydrogen) atoms. The summed E-state index contributed by atoms with van der Waals surface area (Å²) in [5.74, 6) is 0.697. The van der Waals surface area contributed by atoms with Crippen molar-refractivity contribution in [1.82, 2.24) is 4.90 Å². The van der Waals surface area contributed by atoms with Gasteiger partial charge in [0.1, 0.15) is 0 Å². The molecule has 0 aromatic carbocycles. The van der Waals surface area contributed by atoms with Crippen molar-refractivity contribution in [3.8, 4) is 0 Å². The lowest BCUT2D eigenvalue weighted by atomic mass is 9.99. The molecule has 0 aromatic heterocycles. The molecular weight excluding hydrogens is 160 g/mol. The Morgan fingerprint density at radius 3 is 1.92 bits per heavy atom. The molecule has 0 aromatic rings. The fourth-order valence-corrected chi connectivity index (χ4v) is 2.02. The Labute approximate surface area is 83.5 Å². The van der Waals surface area contributed by atoms with Crippen LogP contribution in [0.1, 0.15) is 47.5 Å². The average Bonchev–Trinajstić information content (AvgIpc) is 2.03. The predicted octanol–water partition coefficient (Wildman–Crippen LogP) is 2.44. The topological polar surface area (TPSA) is 29.3 Å². The molecule has 0 aliphatic carbocycles. The van der Waals surface area contributed by atoms with Gasteiger partial charge in [0.2, 0.25) is 0 Å². The second-order valence-corrected chi connectivity index (χ2v) is 4.20. The van der Waals surface area contributed by atoms with E-state index in [0.29, 0.717) is 12.0 Å². The van der Waals surface area contributed by atoms with Crippen LogP contribution in [-0.4, -0.2) is 23.7 Å². The molecule has 0 amide bonds. The summed E-state index contributed by atoms with van der Waals surface area (Å²) in [5, 5.41) is 0. The Morgan fingerprint density at radius 1 is 1.15 bits per heavy atom. The van der Waals surface area contributed by atoms with Crippen LogP contribution in [0.2, 0.25) is 0 Å². The summed E-state index contributed by atoms with van der Waals surface area (Å²) < 4.78 is 0. The van der Waals surface area contributed by atoms with Gasteiger partial charge in [-0.1, -0.05) is 27.7 Å². The lowest BCUT2D eigenvalue weighted by Gasteiger charge is -2.36. The number of nitrogens with zero attached hydrogens (tertiary/aromatic N) is 1. The Hall–Kier alpha value is -0.0800. The van der Waals surface area contributed by atoms with Gasteiger partial charge in [0.15, 0.2) is 0 Å². The molecule has 80 valence electrons. The summed E-state index contributed by atoms with van der Waals surface area (Å²) in [6.45, 7) is 12.2. The van der Waals surface area contributed by atoms with Crippen LogP contribution >= 0.6 is 0 Å². The Bertz CT molecular complexity index is 121. The molecule has 2 unspecified atom stereocenters. The fraction of sp³-hybridized carbons (Fsp3) is 1.00. The van der Waals surface area contributed by atoms with Gasteiger partial charge < -0.3 is 5.73 Å². The van der Waals surface area contributed by atoms with Crippen LogP contribution < -0.4 is 5.73 Å². The van der Waals surface area contributed by atoms with Crippen LogP contribution in [0, 0.1) is 5.92 Å². The van der Waals surface area contributed by atoms with Gasteiger partial charge in [0.05, 0.1) is 6.17 Å². The zero-order valence-corrected chi connectivity index (χ0v) is 9.88. The molecule has 0 bridgehead atoms. The molecular formula is C11H26N2. The number of hydrogen-bond acceptors (Lipinski definition) is 2. The van der Waals surface area contributed by atoms with E-state index in [0.717, 1.165) is 6.54 Å². The summed E-state index contributed by atoms with van der Waals surface area (Å²) in [6.07, 6.45) is 2.57. The first-order valence-electron chi connectivity index (χ1n) is 5.55. The van der Waals surface area contributed by atoms with E-state index in [1.165, 1.54) is 12.8 Å². The largest absolute Gasteiger partial charge is 0.316 e. The summed E-state index contributed by atoms with van der Waals surface area (Å²) in [5.41, 5.74) is 5.96. The molecule has 0 saturated carbocycles. The van der Waals surface area contributed by atoms with Crippen LogP contribution in [0.3, 0.4) is 0 Å². The van der Waals surface area contributed by atoms with Gasteiger partial charge >= 0.3 is 0 Å². The average molecular weight is 186 g/mol. The van der Waals surface area contributed by atoms with Gasteiger partial charge in [-0.25, -0.2) is 0 Å². The molecule has 0 fully saturated rings. The number of hydrogen-bond donors (Lipinski definition) is 1. The molecule has 2 heteroatoms. The Morgan fingerprint density at radius 2 is 1.69 bits per heavy atom. The molecule has 0 heterocycles. The standard InChI is InChI=1S/C11H26N2/c1-6-8-13(10(5)12)11(7-2)9(3)4/h9-11H,6-8,12H2,1-5H3. The SMILES string of the molecule is CCCN(C(C)N)C(CC)C(C)C. The minimum Gasteiger partial charge on any atom is -0.316 e. The lowest BCUT2D eigenvalue weighted by Crippen LogP contribution is -2.48. The number of rotatable bonds is 6. The molecule has 0 aliphatic rings. The maximum absolute atomic E-state index is 5.96. The van der Waals surface area contributed by atoms with Gasteiger partial charge in [0, 0.05) is 6.04 Å². The molecule has 2 nitrogen and oxygen atoms in total. The highest BCUT2D eigenvalue weighted by molar-refractivity contribution is 4.75. The van der Waals surface area contributed by atoms with Crippen molar-refractivity contribution < 1.29 is 0 Å².